The van der Waals surface area contributed by atoms with E-state index in [1.54, 1.807) is 17.5 Å². The van der Waals surface area contributed by atoms with Crippen LogP contribution in [0.3, 0.4) is 0 Å². The Labute approximate surface area is 86.6 Å². The van der Waals surface area contributed by atoms with Crippen LogP contribution in [0.2, 0.25) is 0 Å². The van der Waals surface area contributed by atoms with Crippen LogP contribution < -0.4 is 11.1 Å². The first kappa shape index (κ1) is 9.02. The van der Waals surface area contributed by atoms with Crippen LogP contribution in [-0.2, 0) is 6.54 Å². The molecule has 0 radical (unpaired) electrons. The molecule has 72 valence electrons. The Morgan fingerprint density at radius 1 is 1.36 bits per heavy atom. The van der Waals surface area contributed by atoms with E-state index in [9.17, 15) is 0 Å². The number of nitrogens with zero attached hydrogens (tertiary/aromatic N) is 1. The summed E-state index contributed by atoms with van der Waals surface area (Å²) in [6.45, 7) is 0.777. The standard InChI is InChI=1S/C10H11N3S/c11-9-4-1-5-12-10(9)13-7-8-3-2-6-14-8/h1-6H,7,11H2,(H,12,13). The normalized spacial score (nSPS) is 10.0. The highest BCUT2D eigenvalue weighted by Crippen LogP contribution is 2.15. The van der Waals surface area contributed by atoms with Crippen LogP contribution in [0.15, 0.2) is 35.8 Å². The zero-order valence-corrected chi connectivity index (χ0v) is 8.42. The second kappa shape index (κ2) is 4.11. The highest BCUT2D eigenvalue weighted by Gasteiger charge is 1.98. The predicted molar refractivity (Wildman–Crippen MR) is 60.3 cm³/mol. The minimum atomic E-state index is 0.684. The maximum atomic E-state index is 5.74. The number of pyridine rings is 1. The summed E-state index contributed by atoms with van der Waals surface area (Å²) in [4.78, 5) is 5.42. The topological polar surface area (TPSA) is 50.9 Å². The Balaban J connectivity index is 2.02. The van der Waals surface area contributed by atoms with Crippen molar-refractivity contribution < 1.29 is 0 Å². The van der Waals surface area contributed by atoms with Gasteiger partial charge in [0, 0.05) is 11.1 Å². The molecule has 3 N–H and O–H groups in total. The number of anilines is 2. The zero-order chi connectivity index (χ0) is 9.80. The van der Waals surface area contributed by atoms with Gasteiger partial charge in [0.05, 0.1) is 12.2 Å². The number of nitrogen functional groups attached to an aromatic ring is 1. The van der Waals surface area contributed by atoms with Gasteiger partial charge in [0.1, 0.15) is 5.82 Å². The molecule has 0 spiro atoms. The largest absolute Gasteiger partial charge is 0.396 e. The van der Waals surface area contributed by atoms with E-state index in [-0.39, 0.29) is 0 Å². The Morgan fingerprint density at radius 2 is 2.29 bits per heavy atom. The Bertz CT molecular complexity index is 398. The molecule has 0 unspecified atom stereocenters. The number of nitrogens with one attached hydrogen (secondary N) is 1. The fraction of sp³-hybridized carbons (Fsp3) is 0.100. The monoisotopic (exact) mass is 205 g/mol. The first-order valence-corrected chi connectivity index (χ1v) is 5.21. The molecule has 0 atom stereocenters. The van der Waals surface area contributed by atoms with Crippen molar-refractivity contribution in [2.75, 3.05) is 11.1 Å². The minimum Gasteiger partial charge on any atom is -0.396 e. The molecule has 0 aromatic carbocycles. The number of nitrogens with two attached hydrogens (primary N) is 1. The number of hydrogen-bond acceptors (Lipinski definition) is 4. The summed E-state index contributed by atoms with van der Waals surface area (Å²) in [7, 11) is 0. The first-order valence-electron chi connectivity index (χ1n) is 4.33. The fourth-order valence-corrected chi connectivity index (χ4v) is 1.79. The lowest BCUT2D eigenvalue weighted by Gasteiger charge is -2.05. The number of aromatic nitrogens is 1. The molecule has 0 saturated heterocycles. The number of hydrogen-bond donors (Lipinski definition) is 2. The summed E-state index contributed by atoms with van der Waals surface area (Å²) in [6, 6.07) is 7.77. The molecule has 4 heteroatoms. The molecule has 2 heterocycles. The lowest BCUT2D eigenvalue weighted by molar-refractivity contribution is 1.14. The SMILES string of the molecule is Nc1cccnc1NCc1cccs1. The maximum Gasteiger partial charge on any atom is 0.149 e. The van der Waals surface area contributed by atoms with E-state index in [1.165, 1.54) is 4.88 Å². The van der Waals surface area contributed by atoms with Crippen molar-refractivity contribution in [3.8, 4) is 0 Å². The van der Waals surface area contributed by atoms with Gasteiger partial charge >= 0.3 is 0 Å². The minimum absolute atomic E-state index is 0.684. The van der Waals surface area contributed by atoms with Gasteiger partial charge in [-0.15, -0.1) is 11.3 Å². The number of thiophene rings is 1. The van der Waals surface area contributed by atoms with Crippen molar-refractivity contribution in [3.05, 3.63) is 40.7 Å². The predicted octanol–water partition coefficient (Wildman–Crippen LogP) is 2.34. The summed E-state index contributed by atoms with van der Waals surface area (Å²) in [5.74, 6) is 0.751. The van der Waals surface area contributed by atoms with Crippen molar-refractivity contribution in [1.29, 1.82) is 0 Å². The smallest absolute Gasteiger partial charge is 0.149 e. The second-order valence-electron chi connectivity index (χ2n) is 2.87. The molecule has 2 aromatic heterocycles. The van der Waals surface area contributed by atoms with Crippen LogP contribution in [0, 0.1) is 0 Å². The zero-order valence-electron chi connectivity index (χ0n) is 7.60. The van der Waals surface area contributed by atoms with Gasteiger partial charge in [-0.3, -0.25) is 0 Å². The second-order valence-corrected chi connectivity index (χ2v) is 3.91. The fourth-order valence-electron chi connectivity index (χ4n) is 1.15. The van der Waals surface area contributed by atoms with Crippen molar-refractivity contribution >= 4 is 22.8 Å². The molecule has 0 aliphatic rings. The van der Waals surface area contributed by atoms with E-state index in [1.807, 2.05) is 18.2 Å². The van der Waals surface area contributed by atoms with Crippen LogP contribution >= 0.6 is 11.3 Å². The van der Waals surface area contributed by atoms with E-state index in [4.69, 9.17) is 5.73 Å². The van der Waals surface area contributed by atoms with Gasteiger partial charge in [-0.25, -0.2) is 4.98 Å². The van der Waals surface area contributed by atoms with Crippen molar-refractivity contribution in [1.82, 2.24) is 4.98 Å². The van der Waals surface area contributed by atoms with Gasteiger partial charge < -0.3 is 11.1 Å². The lowest BCUT2D eigenvalue weighted by atomic mass is 10.4. The van der Waals surface area contributed by atoms with E-state index < -0.39 is 0 Å². The van der Waals surface area contributed by atoms with Gasteiger partial charge in [0.15, 0.2) is 0 Å². The molecule has 14 heavy (non-hydrogen) atoms. The quantitative estimate of drug-likeness (QED) is 0.808. The summed E-state index contributed by atoms with van der Waals surface area (Å²) in [5.41, 5.74) is 6.42. The highest BCUT2D eigenvalue weighted by molar-refractivity contribution is 7.09. The van der Waals surface area contributed by atoms with Crippen LogP contribution in [0.5, 0.6) is 0 Å². The third kappa shape index (κ3) is 2.03. The molecule has 0 aliphatic heterocycles. The highest BCUT2D eigenvalue weighted by atomic mass is 32.1. The van der Waals surface area contributed by atoms with Crippen molar-refractivity contribution in [3.63, 3.8) is 0 Å². The molecule has 0 saturated carbocycles. The molecular weight excluding hydrogens is 194 g/mol. The van der Waals surface area contributed by atoms with Gasteiger partial charge in [-0.1, -0.05) is 6.07 Å². The lowest BCUT2D eigenvalue weighted by Crippen LogP contribution is -2.02. The van der Waals surface area contributed by atoms with Gasteiger partial charge in [0.2, 0.25) is 0 Å². The molecule has 0 amide bonds. The van der Waals surface area contributed by atoms with E-state index in [0.29, 0.717) is 5.69 Å². The van der Waals surface area contributed by atoms with Gasteiger partial charge in [0.25, 0.3) is 0 Å². The molecule has 0 bridgehead atoms. The number of rotatable bonds is 3. The summed E-state index contributed by atoms with van der Waals surface area (Å²) in [6.07, 6.45) is 1.73. The average Bonchev–Trinajstić information content (AvgIpc) is 2.69. The maximum absolute atomic E-state index is 5.74. The summed E-state index contributed by atoms with van der Waals surface area (Å²) in [5, 5.41) is 5.24. The molecule has 0 aliphatic carbocycles. The van der Waals surface area contributed by atoms with E-state index in [2.05, 4.69) is 21.7 Å². The van der Waals surface area contributed by atoms with Crippen LogP contribution in [0.1, 0.15) is 4.88 Å². The van der Waals surface area contributed by atoms with Crippen molar-refractivity contribution in [2.24, 2.45) is 0 Å². The Hall–Kier alpha value is -1.55. The average molecular weight is 205 g/mol. The molecule has 2 rings (SSSR count). The van der Waals surface area contributed by atoms with Crippen molar-refractivity contribution in [2.45, 2.75) is 6.54 Å². The third-order valence-electron chi connectivity index (χ3n) is 1.85. The molecule has 2 aromatic rings. The summed E-state index contributed by atoms with van der Waals surface area (Å²) >= 11 is 1.72. The molecular formula is C10H11N3S. The molecule has 0 fully saturated rings. The van der Waals surface area contributed by atoms with Crippen LogP contribution in [-0.4, -0.2) is 4.98 Å². The van der Waals surface area contributed by atoms with Crippen LogP contribution in [0.4, 0.5) is 11.5 Å². The summed E-state index contributed by atoms with van der Waals surface area (Å²) < 4.78 is 0. The Kier molecular flexibility index (Phi) is 2.65. The van der Waals surface area contributed by atoms with E-state index in [0.717, 1.165) is 12.4 Å². The van der Waals surface area contributed by atoms with E-state index >= 15 is 0 Å². The first-order chi connectivity index (χ1) is 6.86. The van der Waals surface area contributed by atoms with Crippen LogP contribution in [0.25, 0.3) is 0 Å². The van der Waals surface area contributed by atoms with Gasteiger partial charge in [-0.2, -0.15) is 0 Å². The molecule has 3 nitrogen and oxygen atoms in total. The van der Waals surface area contributed by atoms with Gasteiger partial charge in [-0.05, 0) is 23.6 Å². The third-order valence-corrected chi connectivity index (χ3v) is 2.73. The Morgan fingerprint density at radius 3 is 3.00 bits per heavy atom.